The highest BCUT2D eigenvalue weighted by molar-refractivity contribution is 5.94. The lowest BCUT2D eigenvalue weighted by molar-refractivity contribution is 0.0755. The van der Waals surface area contributed by atoms with Gasteiger partial charge in [0.25, 0.3) is 11.8 Å². The number of nitrogens with zero attached hydrogens (tertiary/aromatic N) is 3. The maximum Gasteiger partial charge on any atom is 0.272 e. The number of nitrogens with one attached hydrogen (secondary N) is 2. The van der Waals surface area contributed by atoms with Crippen molar-refractivity contribution in [3.8, 4) is 11.1 Å². The number of aromatic amines is 1. The molecule has 1 aromatic carbocycles. The van der Waals surface area contributed by atoms with Crippen molar-refractivity contribution < 1.29 is 9.59 Å². The Morgan fingerprint density at radius 1 is 1.07 bits per heavy atom. The summed E-state index contributed by atoms with van der Waals surface area (Å²) >= 11 is 0. The molecule has 1 unspecified atom stereocenters. The minimum absolute atomic E-state index is 0.0345. The molecule has 2 N–H and O–H groups in total. The number of aromatic nitrogens is 3. The van der Waals surface area contributed by atoms with Crippen molar-refractivity contribution in [2.45, 2.75) is 25.3 Å². The second-order valence-corrected chi connectivity index (χ2v) is 7.15. The molecule has 1 fully saturated rings. The van der Waals surface area contributed by atoms with Crippen LogP contribution in [0, 0.1) is 0 Å². The summed E-state index contributed by atoms with van der Waals surface area (Å²) in [5.41, 5.74) is 2.93. The van der Waals surface area contributed by atoms with Gasteiger partial charge >= 0.3 is 0 Å². The first-order valence-electron chi connectivity index (χ1n) is 9.81. The predicted octanol–water partition coefficient (Wildman–Crippen LogP) is 2.90. The maximum atomic E-state index is 13.0. The second-order valence-electron chi connectivity index (χ2n) is 7.15. The van der Waals surface area contributed by atoms with Gasteiger partial charge in [-0.15, -0.1) is 0 Å². The molecule has 0 radical (unpaired) electrons. The van der Waals surface area contributed by atoms with E-state index in [0.717, 1.165) is 24.0 Å². The quantitative estimate of drug-likeness (QED) is 0.718. The van der Waals surface area contributed by atoms with Gasteiger partial charge in [0, 0.05) is 25.3 Å². The van der Waals surface area contributed by atoms with E-state index in [0.29, 0.717) is 30.9 Å². The monoisotopic (exact) mass is 389 g/mol. The van der Waals surface area contributed by atoms with Crippen LogP contribution in [0.2, 0.25) is 0 Å². The van der Waals surface area contributed by atoms with Gasteiger partial charge in [0.2, 0.25) is 0 Å². The van der Waals surface area contributed by atoms with E-state index in [-0.39, 0.29) is 17.9 Å². The lowest BCUT2D eigenvalue weighted by Gasteiger charge is -2.20. The number of likely N-dealkylation sites (tertiary alicyclic amines) is 1. The molecule has 0 aliphatic carbocycles. The minimum Gasteiger partial charge on any atom is -0.348 e. The highest BCUT2D eigenvalue weighted by Crippen LogP contribution is 2.20. The summed E-state index contributed by atoms with van der Waals surface area (Å²) in [6.07, 6.45) is 7.05. The van der Waals surface area contributed by atoms with Gasteiger partial charge in [0.1, 0.15) is 11.4 Å². The first kappa shape index (κ1) is 18.9. The molecule has 0 saturated carbocycles. The number of hydrogen-bond acceptors (Lipinski definition) is 4. The Hall–Kier alpha value is -3.48. The number of H-pyrrole nitrogens is 1. The second kappa shape index (κ2) is 8.68. The Morgan fingerprint density at radius 3 is 2.72 bits per heavy atom. The van der Waals surface area contributed by atoms with Crippen LogP contribution >= 0.6 is 0 Å². The van der Waals surface area contributed by atoms with E-state index in [9.17, 15) is 9.59 Å². The lowest BCUT2D eigenvalue weighted by atomic mass is 10.1. The molecule has 3 heterocycles. The van der Waals surface area contributed by atoms with Crippen molar-refractivity contribution in [1.82, 2.24) is 25.2 Å². The molecule has 29 heavy (non-hydrogen) atoms. The average Bonchev–Trinajstić information content (AvgIpc) is 3.22. The van der Waals surface area contributed by atoms with Crippen LogP contribution < -0.4 is 5.32 Å². The molecule has 1 saturated heterocycles. The zero-order valence-corrected chi connectivity index (χ0v) is 16.0. The topological polar surface area (TPSA) is 91.0 Å². The van der Waals surface area contributed by atoms with Crippen LogP contribution in [0.25, 0.3) is 11.1 Å². The molecule has 1 aliphatic heterocycles. The Morgan fingerprint density at radius 2 is 1.93 bits per heavy atom. The standard InChI is InChI=1S/C22H23N5O2/c28-21(20-14-23-15-25-20)26-18-7-4-11-27(12-9-18)22(29)19-13-17(8-10-24-19)16-5-2-1-3-6-16/h1-3,5-6,8,10,13-15,18H,4,7,9,11-12H2,(H,23,25)(H,26,28). The number of amides is 2. The highest BCUT2D eigenvalue weighted by Gasteiger charge is 2.24. The van der Waals surface area contributed by atoms with Crippen LogP contribution in [0.5, 0.6) is 0 Å². The molecule has 0 spiro atoms. The number of rotatable bonds is 4. The Labute approximate surface area is 169 Å². The van der Waals surface area contributed by atoms with Crippen LogP contribution in [0.3, 0.4) is 0 Å². The molecule has 2 aromatic heterocycles. The number of carbonyl (C=O) groups excluding carboxylic acids is 2. The molecule has 0 bridgehead atoms. The van der Waals surface area contributed by atoms with Crippen molar-refractivity contribution in [2.24, 2.45) is 0 Å². The van der Waals surface area contributed by atoms with E-state index < -0.39 is 0 Å². The number of carbonyl (C=O) groups is 2. The van der Waals surface area contributed by atoms with Gasteiger partial charge in [0.15, 0.2) is 0 Å². The summed E-state index contributed by atoms with van der Waals surface area (Å²) in [4.78, 5) is 38.1. The van der Waals surface area contributed by atoms with Crippen LogP contribution in [-0.2, 0) is 0 Å². The third-order valence-electron chi connectivity index (χ3n) is 5.18. The first-order valence-corrected chi connectivity index (χ1v) is 9.81. The number of benzene rings is 1. The molecule has 2 amide bonds. The van der Waals surface area contributed by atoms with Gasteiger partial charge in [0.05, 0.1) is 12.5 Å². The average molecular weight is 389 g/mol. The molecular formula is C22H23N5O2. The predicted molar refractivity (Wildman–Crippen MR) is 109 cm³/mol. The van der Waals surface area contributed by atoms with Crippen molar-refractivity contribution in [3.05, 3.63) is 72.6 Å². The molecule has 7 nitrogen and oxygen atoms in total. The zero-order chi connectivity index (χ0) is 20.1. The summed E-state index contributed by atoms with van der Waals surface area (Å²) < 4.78 is 0. The van der Waals surface area contributed by atoms with Crippen molar-refractivity contribution in [1.29, 1.82) is 0 Å². The SMILES string of the molecule is O=C(NC1CCCN(C(=O)c2cc(-c3ccccc3)ccn2)CC1)c1cnc[nH]1. The first-order chi connectivity index (χ1) is 14.2. The van der Waals surface area contributed by atoms with E-state index in [1.807, 2.05) is 47.4 Å². The fourth-order valence-electron chi connectivity index (χ4n) is 3.61. The number of imidazole rings is 1. The molecule has 1 atom stereocenters. The van der Waals surface area contributed by atoms with E-state index in [2.05, 4.69) is 20.3 Å². The van der Waals surface area contributed by atoms with Crippen molar-refractivity contribution >= 4 is 11.8 Å². The van der Waals surface area contributed by atoms with Gasteiger partial charge in [-0.25, -0.2) is 4.98 Å². The van der Waals surface area contributed by atoms with E-state index in [4.69, 9.17) is 0 Å². The fourth-order valence-corrected chi connectivity index (χ4v) is 3.61. The van der Waals surface area contributed by atoms with Gasteiger partial charge in [-0.2, -0.15) is 0 Å². The summed E-state index contributed by atoms with van der Waals surface area (Å²) in [6.45, 7) is 1.25. The van der Waals surface area contributed by atoms with Crippen LogP contribution in [-0.4, -0.2) is 50.8 Å². The van der Waals surface area contributed by atoms with Crippen molar-refractivity contribution in [3.63, 3.8) is 0 Å². The normalized spacial score (nSPS) is 16.8. The smallest absolute Gasteiger partial charge is 0.272 e. The molecule has 148 valence electrons. The fraction of sp³-hybridized carbons (Fsp3) is 0.273. The Bertz CT molecular complexity index is 972. The third-order valence-corrected chi connectivity index (χ3v) is 5.18. The molecule has 7 heteroatoms. The zero-order valence-electron chi connectivity index (χ0n) is 16.0. The molecule has 4 rings (SSSR count). The van der Waals surface area contributed by atoms with Gasteiger partial charge in [-0.1, -0.05) is 30.3 Å². The Kier molecular flexibility index (Phi) is 5.65. The summed E-state index contributed by atoms with van der Waals surface area (Å²) in [6, 6.07) is 13.7. The molecular weight excluding hydrogens is 366 g/mol. The summed E-state index contributed by atoms with van der Waals surface area (Å²) in [5, 5.41) is 3.03. The Balaban J connectivity index is 1.40. The van der Waals surface area contributed by atoms with Gasteiger partial charge < -0.3 is 15.2 Å². The molecule has 3 aromatic rings. The van der Waals surface area contributed by atoms with Crippen LogP contribution in [0.1, 0.15) is 40.2 Å². The van der Waals surface area contributed by atoms with Crippen LogP contribution in [0.4, 0.5) is 0 Å². The highest BCUT2D eigenvalue weighted by atomic mass is 16.2. The van der Waals surface area contributed by atoms with Gasteiger partial charge in [-0.05, 0) is 42.5 Å². The van der Waals surface area contributed by atoms with E-state index >= 15 is 0 Å². The third kappa shape index (κ3) is 4.51. The lowest BCUT2D eigenvalue weighted by Crippen LogP contribution is -2.37. The molecule has 1 aliphatic rings. The number of hydrogen-bond donors (Lipinski definition) is 2. The minimum atomic E-state index is -0.162. The van der Waals surface area contributed by atoms with Crippen LogP contribution in [0.15, 0.2) is 61.2 Å². The van der Waals surface area contributed by atoms with E-state index in [1.54, 1.807) is 6.20 Å². The van der Waals surface area contributed by atoms with E-state index in [1.165, 1.54) is 12.5 Å². The summed E-state index contributed by atoms with van der Waals surface area (Å²) in [7, 11) is 0. The number of pyridine rings is 1. The summed E-state index contributed by atoms with van der Waals surface area (Å²) in [5.74, 6) is -0.229. The van der Waals surface area contributed by atoms with Gasteiger partial charge in [-0.3, -0.25) is 14.6 Å². The van der Waals surface area contributed by atoms with Crippen molar-refractivity contribution in [2.75, 3.05) is 13.1 Å². The largest absolute Gasteiger partial charge is 0.348 e. The maximum absolute atomic E-state index is 13.0.